The van der Waals surface area contributed by atoms with Crippen LogP contribution in [0.2, 0.25) is 0 Å². The summed E-state index contributed by atoms with van der Waals surface area (Å²) in [4.78, 5) is 61.4. The number of carbonyl (C=O) groups is 2. The summed E-state index contributed by atoms with van der Waals surface area (Å²) in [5.41, 5.74) is 13.7. The van der Waals surface area contributed by atoms with Gasteiger partial charge in [-0.05, 0) is 21.9 Å². The summed E-state index contributed by atoms with van der Waals surface area (Å²) >= 11 is 3.47. The monoisotopic (exact) mass is 1000 g/mol. The smallest absolute Gasteiger partial charge is 0.329 e. The number of ether oxygens (including phenoxy) is 2. The number of aromatic nitrogens is 4. The fourth-order valence-electron chi connectivity index (χ4n) is 9.60. The van der Waals surface area contributed by atoms with Crippen molar-refractivity contribution in [1.82, 2.24) is 40.0 Å². The van der Waals surface area contributed by atoms with Gasteiger partial charge in [-0.3, -0.25) is 24.6 Å². The fraction of sp³-hybridized carbons (Fsp3) is 0.440. The number of carboxylic acid groups (broad SMARTS) is 1. The van der Waals surface area contributed by atoms with Crippen molar-refractivity contribution >= 4 is 79.3 Å². The molecule has 0 spiro atoms. The summed E-state index contributed by atoms with van der Waals surface area (Å²) in [5.74, 6) is 0.182. The number of carboxylic acids is 1. The molecule has 21 heteroatoms. The summed E-state index contributed by atoms with van der Waals surface area (Å²) in [6, 6.07) is 12.8. The molecule has 6 aliphatic rings. The number of nitrogens with zero attached hydrogens (tertiary/aromatic N) is 11. The number of morpholine rings is 2. The Morgan fingerprint density at radius 1 is 0.606 bits per heavy atom. The van der Waals surface area contributed by atoms with Crippen molar-refractivity contribution in [1.29, 1.82) is 0 Å². The molecule has 4 aromatic heterocycles. The molecule has 0 saturated carbocycles. The highest BCUT2D eigenvalue weighted by Crippen LogP contribution is 2.40. The van der Waals surface area contributed by atoms with Crippen LogP contribution in [0.3, 0.4) is 0 Å². The summed E-state index contributed by atoms with van der Waals surface area (Å²) in [6.45, 7) is 15.1. The molecule has 4 N–H and O–H groups in total. The van der Waals surface area contributed by atoms with Gasteiger partial charge in [-0.15, -0.1) is 22.7 Å². The van der Waals surface area contributed by atoms with Crippen molar-refractivity contribution in [3.8, 4) is 22.5 Å². The lowest BCUT2D eigenvalue weighted by molar-refractivity contribution is -0.140. The van der Waals surface area contributed by atoms with E-state index in [1.165, 1.54) is 32.5 Å². The summed E-state index contributed by atoms with van der Waals surface area (Å²) in [7, 11) is 0. The average molecular weight is 1000 g/mol. The van der Waals surface area contributed by atoms with E-state index in [1.807, 2.05) is 12.4 Å². The Morgan fingerprint density at radius 2 is 1.07 bits per heavy atom. The molecule has 19 nitrogen and oxygen atoms in total. The highest BCUT2D eigenvalue weighted by atomic mass is 32.1. The van der Waals surface area contributed by atoms with E-state index in [1.54, 1.807) is 27.6 Å². The van der Waals surface area contributed by atoms with Crippen molar-refractivity contribution < 1.29 is 34.4 Å². The molecular formula is C50H58N12O7S2. The first-order valence-corrected chi connectivity index (χ1v) is 25.9. The molecular weight excluding hydrogens is 945 g/mol. The molecule has 0 bridgehead atoms. The molecule has 0 atom stereocenters. The lowest BCUT2D eigenvalue weighted by Crippen LogP contribution is -2.49. The van der Waals surface area contributed by atoms with Gasteiger partial charge in [0.25, 0.3) is 0 Å². The van der Waals surface area contributed by atoms with Crippen molar-refractivity contribution in [3.05, 3.63) is 80.5 Å². The molecule has 1 amide bonds. The second-order valence-electron chi connectivity index (χ2n) is 17.9. The molecule has 0 aliphatic carbocycles. The molecule has 4 fully saturated rings. The van der Waals surface area contributed by atoms with Crippen LogP contribution in [0.1, 0.15) is 33.4 Å². The van der Waals surface area contributed by atoms with Gasteiger partial charge in [0.15, 0.2) is 0 Å². The van der Waals surface area contributed by atoms with Gasteiger partial charge in [0.2, 0.25) is 17.8 Å². The first-order chi connectivity index (χ1) is 34.8. The number of nitrogens with one attached hydrogen (secondary N) is 1. The number of amides is 1. The molecule has 2 aromatic carbocycles. The van der Waals surface area contributed by atoms with E-state index in [-0.39, 0.29) is 5.91 Å². The SMILES string of the molecule is C1=NCc2cccc(-c3nc(N4CCOCC4)nc4c(CN5CCNCC5)csc34)c21.O=C(CO)N1CCN(Cc2csc3c(-c4cccc5c4C=NC5)nc(N4CCOCC4)nc23)CC1.O=C(O)CO. The molecule has 6 aromatic rings. The van der Waals surface area contributed by atoms with Gasteiger partial charge < -0.3 is 44.8 Å². The summed E-state index contributed by atoms with van der Waals surface area (Å²) in [6.07, 6.45) is 3.97. The number of aliphatic hydroxyl groups excluding tert-OH is 2. The molecule has 71 heavy (non-hydrogen) atoms. The summed E-state index contributed by atoms with van der Waals surface area (Å²) in [5, 5.41) is 32.1. The number of aliphatic hydroxyl groups is 2. The average Bonchev–Trinajstić information content (AvgIpc) is 4.27. The van der Waals surface area contributed by atoms with Crippen LogP contribution in [-0.4, -0.2) is 192 Å². The molecule has 12 rings (SSSR count). The molecule has 0 unspecified atom stereocenters. The highest BCUT2D eigenvalue weighted by molar-refractivity contribution is 7.18. The first-order valence-electron chi connectivity index (χ1n) is 24.2. The standard InChI is InChI=1S/C25H28N6O3S.C23H26N6OS.C2H4O3/c32-15-21(33)30-6-4-29(5-7-30)14-18-16-35-24-22(18)27-25(31-8-10-34-11-9-31)28-23(24)19-3-1-2-17-12-26-13-20(17)19;1-2-16-12-25-13-19(16)18(3-1)21-22-20(26-23(27-21)29-8-10-30-11-9-29)17(15-31-22)14-28-6-4-24-5-7-28;3-1-2(4)5/h1-3,13,16,32H,4-12,14-15H2;1-3,13,15,24H,4-12,14H2;3H,1H2,(H,4,5). The van der Waals surface area contributed by atoms with Crippen molar-refractivity contribution in [3.63, 3.8) is 0 Å². The van der Waals surface area contributed by atoms with Crippen LogP contribution in [0.5, 0.6) is 0 Å². The van der Waals surface area contributed by atoms with Crippen LogP contribution in [0.15, 0.2) is 57.1 Å². The third-order valence-electron chi connectivity index (χ3n) is 13.4. The fourth-order valence-corrected chi connectivity index (χ4v) is 11.6. The van der Waals surface area contributed by atoms with Crippen LogP contribution < -0.4 is 15.1 Å². The van der Waals surface area contributed by atoms with Gasteiger partial charge in [0, 0.05) is 137 Å². The Balaban J connectivity index is 0.000000151. The summed E-state index contributed by atoms with van der Waals surface area (Å²) < 4.78 is 13.4. The van der Waals surface area contributed by atoms with Crippen molar-refractivity contribution in [2.24, 2.45) is 9.98 Å². The Bertz CT molecular complexity index is 2920. The van der Waals surface area contributed by atoms with Gasteiger partial charge in [-0.1, -0.05) is 36.4 Å². The van der Waals surface area contributed by atoms with Gasteiger partial charge in [-0.2, -0.15) is 0 Å². The third kappa shape index (κ3) is 11.0. The van der Waals surface area contributed by atoms with Crippen LogP contribution in [-0.2, 0) is 45.2 Å². The topological polar surface area (TPSA) is 218 Å². The number of aliphatic carboxylic acids is 1. The van der Waals surface area contributed by atoms with Crippen LogP contribution in [0.25, 0.3) is 42.9 Å². The second-order valence-corrected chi connectivity index (χ2v) is 19.7. The van der Waals surface area contributed by atoms with E-state index < -0.39 is 19.2 Å². The van der Waals surface area contributed by atoms with E-state index in [0.29, 0.717) is 32.8 Å². The van der Waals surface area contributed by atoms with E-state index >= 15 is 0 Å². The van der Waals surface area contributed by atoms with Gasteiger partial charge >= 0.3 is 5.97 Å². The van der Waals surface area contributed by atoms with Crippen LogP contribution >= 0.6 is 22.7 Å². The molecule has 372 valence electrons. The largest absolute Gasteiger partial charge is 0.480 e. The number of aliphatic imine (C=N–C) groups is 2. The Kier molecular flexibility index (Phi) is 15.6. The molecule has 4 saturated heterocycles. The minimum absolute atomic E-state index is 0.197. The second kappa shape index (κ2) is 22.7. The Labute approximate surface area is 419 Å². The van der Waals surface area contributed by atoms with E-state index in [9.17, 15) is 4.79 Å². The normalized spacial score (nSPS) is 18.0. The minimum atomic E-state index is -1.19. The van der Waals surface area contributed by atoms with Gasteiger partial charge in [-0.25, -0.2) is 24.7 Å². The van der Waals surface area contributed by atoms with Crippen molar-refractivity contribution in [2.75, 3.05) is 128 Å². The number of hydrogen-bond donors (Lipinski definition) is 4. The Morgan fingerprint density at radius 3 is 1.52 bits per heavy atom. The first kappa shape index (κ1) is 48.7. The number of carbonyl (C=O) groups excluding carboxylic acids is 1. The van der Waals surface area contributed by atoms with E-state index in [2.05, 4.69) is 82.1 Å². The quantitative estimate of drug-likeness (QED) is 0.155. The number of piperazine rings is 2. The lowest BCUT2D eigenvalue weighted by atomic mass is 10.0. The maximum atomic E-state index is 11.8. The number of anilines is 2. The predicted molar refractivity (Wildman–Crippen MR) is 276 cm³/mol. The minimum Gasteiger partial charge on any atom is -0.480 e. The predicted octanol–water partition coefficient (Wildman–Crippen LogP) is 3.36. The van der Waals surface area contributed by atoms with Crippen LogP contribution in [0.4, 0.5) is 11.9 Å². The number of fused-ring (bicyclic) bond motifs is 4. The maximum absolute atomic E-state index is 11.8. The molecule has 10 heterocycles. The Hall–Kier alpha value is -5.88. The lowest BCUT2D eigenvalue weighted by Gasteiger charge is -2.34. The zero-order valence-electron chi connectivity index (χ0n) is 39.5. The zero-order valence-corrected chi connectivity index (χ0v) is 41.2. The number of rotatable bonds is 10. The highest BCUT2D eigenvalue weighted by Gasteiger charge is 2.27. The zero-order chi connectivity index (χ0) is 48.7. The van der Waals surface area contributed by atoms with E-state index in [0.717, 1.165) is 154 Å². The molecule has 0 radical (unpaired) electrons. The maximum Gasteiger partial charge on any atom is 0.329 e. The van der Waals surface area contributed by atoms with Crippen molar-refractivity contribution in [2.45, 2.75) is 26.2 Å². The van der Waals surface area contributed by atoms with Gasteiger partial charge in [0.05, 0.1) is 71.3 Å². The van der Waals surface area contributed by atoms with E-state index in [4.69, 9.17) is 49.5 Å². The van der Waals surface area contributed by atoms with Gasteiger partial charge in [0.1, 0.15) is 13.2 Å². The number of thiophene rings is 2. The number of hydrogen-bond acceptors (Lipinski definition) is 19. The molecule has 6 aliphatic heterocycles. The third-order valence-corrected chi connectivity index (χ3v) is 15.5. The van der Waals surface area contributed by atoms with Crippen LogP contribution in [0, 0.1) is 0 Å². The number of benzene rings is 2.